The Kier molecular flexibility index (Phi) is 7.20. The Bertz CT molecular complexity index is 201. The van der Waals surface area contributed by atoms with Gasteiger partial charge in [-0.1, -0.05) is 0 Å². The van der Waals surface area contributed by atoms with Gasteiger partial charge in [0.25, 0.3) is 0 Å². The molecule has 0 aliphatic heterocycles. The van der Waals surface area contributed by atoms with Crippen LogP contribution in [0.25, 0.3) is 0 Å². The molecule has 0 spiro atoms. The maximum Gasteiger partial charge on any atom is 0.109 e. The van der Waals surface area contributed by atoms with Crippen LogP contribution < -0.4 is 0 Å². The lowest BCUT2D eigenvalue weighted by atomic mass is 10.0. The molecular formula is C12H27NO4. The molecule has 0 bridgehead atoms. The molecular weight excluding hydrogens is 222 g/mol. The minimum Gasteiger partial charge on any atom is -0.391 e. The molecule has 0 amide bonds. The van der Waals surface area contributed by atoms with Crippen LogP contribution in [-0.4, -0.2) is 68.4 Å². The van der Waals surface area contributed by atoms with Crippen molar-refractivity contribution in [3.63, 3.8) is 0 Å². The van der Waals surface area contributed by atoms with Gasteiger partial charge < -0.3 is 20.4 Å². The molecule has 0 aromatic rings. The van der Waals surface area contributed by atoms with Crippen molar-refractivity contribution in [2.24, 2.45) is 0 Å². The molecule has 0 aliphatic rings. The lowest BCUT2D eigenvalue weighted by Gasteiger charge is -2.34. The van der Waals surface area contributed by atoms with Crippen LogP contribution in [0.15, 0.2) is 0 Å². The highest BCUT2D eigenvalue weighted by molar-refractivity contribution is 4.82. The van der Waals surface area contributed by atoms with E-state index in [1.54, 1.807) is 0 Å². The van der Waals surface area contributed by atoms with Gasteiger partial charge in [-0.25, -0.2) is 0 Å². The Hall–Kier alpha value is -0.200. The van der Waals surface area contributed by atoms with E-state index < -0.39 is 24.4 Å². The van der Waals surface area contributed by atoms with Crippen LogP contribution in [-0.2, 0) is 0 Å². The average molecular weight is 249 g/mol. The van der Waals surface area contributed by atoms with Crippen molar-refractivity contribution in [2.45, 2.75) is 71.1 Å². The molecule has 5 nitrogen and oxygen atoms in total. The van der Waals surface area contributed by atoms with Crippen molar-refractivity contribution < 1.29 is 20.4 Å². The van der Waals surface area contributed by atoms with Crippen LogP contribution in [0.4, 0.5) is 0 Å². The van der Waals surface area contributed by atoms with Gasteiger partial charge in [0.2, 0.25) is 0 Å². The number of aliphatic hydroxyl groups excluding tert-OH is 4. The average Bonchev–Trinajstić information content (AvgIpc) is 2.22. The molecule has 5 heteroatoms. The van der Waals surface area contributed by atoms with E-state index in [2.05, 4.69) is 0 Å². The van der Waals surface area contributed by atoms with Gasteiger partial charge in [0.1, 0.15) is 12.2 Å². The summed E-state index contributed by atoms with van der Waals surface area (Å²) in [4.78, 5) is 2.02. The van der Waals surface area contributed by atoms with Crippen LogP contribution in [0.2, 0.25) is 0 Å². The summed E-state index contributed by atoms with van der Waals surface area (Å²) in [6.07, 6.45) is -4.81. The van der Waals surface area contributed by atoms with Crippen LogP contribution in [0.5, 0.6) is 0 Å². The van der Waals surface area contributed by atoms with Gasteiger partial charge in [-0.05, 0) is 34.6 Å². The Morgan fingerprint density at radius 1 is 0.765 bits per heavy atom. The molecule has 0 heterocycles. The van der Waals surface area contributed by atoms with Crippen molar-refractivity contribution in [2.75, 3.05) is 6.54 Å². The van der Waals surface area contributed by atoms with E-state index in [1.165, 1.54) is 6.92 Å². The molecule has 0 aliphatic carbocycles. The van der Waals surface area contributed by atoms with Gasteiger partial charge in [0.15, 0.2) is 0 Å². The second kappa shape index (κ2) is 7.28. The summed E-state index contributed by atoms with van der Waals surface area (Å²) in [6, 6.07) is 0.473. The number of nitrogens with zero attached hydrogens (tertiary/aromatic N) is 1. The third-order valence-electron chi connectivity index (χ3n) is 2.96. The Morgan fingerprint density at radius 3 is 1.47 bits per heavy atom. The topological polar surface area (TPSA) is 84.2 Å². The monoisotopic (exact) mass is 249 g/mol. The minimum atomic E-state index is -1.34. The highest BCUT2D eigenvalue weighted by Gasteiger charge is 2.30. The zero-order chi connectivity index (χ0) is 13.7. The third-order valence-corrected chi connectivity index (χ3v) is 2.96. The SMILES string of the molecule is CC(O)C(O)C(O)C(O)CN(C(C)C)C(C)C. The van der Waals surface area contributed by atoms with Crippen LogP contribution in [0.3, 0.4) is 0 Å². The number of rotatable bonds is 7. The van der Waals surface area contributed by atoms with Crippen molar-refractivity contribution in [3.8, 4) is 0 Å². The Morgan fingerprint density at radius 2 is 1.18 bits per heavy atom. The van der Waals surface area contributed by atoms with E-state index in [4.69, 9.17) is 5.11 Å². The molecule has 0 saturated heterocycles. The fourth-order valence-electron chi connectivity index (χ4n) is 1.85. The highest BCUT2D eigenvalue weighted by atomic mass is 16.4. The summed E-state index contributed by atoms with van der Waals surface area (Å²) < 4.78 is 0. The van der Waals surface area contributed by atoms with Crippen LogP contribution in [0, 0.1) is 0 Å². The van der Waals surface area contributed by atoms with E-state index in [1.807, 2.05) is 32.6 Å². The second-order valence-electron chi connectivity index (χ2n) is 5.17. The smallest absolute Gasteiger partial charge is 0.109 e. The first-order valence-corrected chi connectivity index (χ1v) is 6.16. The fourth-order valence-corrected chi connectivity index (χ4v) is 1.85. The third kappa shape index (κ3) is 5.31. The number of hydrogen-bond donors (Lipinski definition) is 4. The first-order chi connectivity index (χ1) is 7.68. The summed E-state index contributed by atoms with van der Waals surface area (Å²) >= 11 is 0. The Balaban J connectivity index is 4.45. The van der Waals surface area contributed by atoms with Crippen molar-refractivity contribution in [1.29, 1.82) is 0 Å². The van der Waals surface area contributed by atoms with E-state index in [-0.39, 0.29) is 18.6 Å². The van der Waals surface area contributed by atoms with Crippen molar-refractivity contribution >= 4 is 0 Å². The summed E-state index contributed by atoms with van der Waals surface area (Å²) in [7, 11) is 0. The summed E-state index contributed by atoms with van der Waals surface area (Å²) in [5.41, 5.74) is 0. The molecule has 0 fully saturated rings. The zero-order valence-electron chi connectivity index (χ0n) is 11.4. The van der Waals surface area contributed by atoms with Gasteiger partial charge in [0, 0.05) is 18.6 Å². The molecule has 4 N–H and O–H groups in total. The molecule has 104 valence electrons. The molecule has 4 atom stereocenters. The van der Waals surface area contributed by atoms with Gasteiger partial charge >= 0.3 is 0 Å². The maximum absolute atomic E-state index is 9.84. The van der Waals surface area contributed by atoms with Gasteiger partial charge in [-0.15, -0.1) is 0 Å². The van der Waals surface area contributed by atoms with Crippen LogP contribution >= 0.6 is 0 Å². The fraction of sp³-hybridized carbons (Fsp3) is 1.00. The predicted octanol–water partition coefficient (Wildman–Crippen LogP) is -0.431. The predicted molar refractivity (Wildman–Crippen MR) is 66.7 cm³/mol. The van der Waals surface area contributed by atoms with E-state index >= 15 is 0 Å². The first kappa shape index (κ1) is 16.8. The van der Waals surface area contributed by atoms with Gasteiger partial charge in [-0.2, -0.15) is 0 Å². The maximum atomic E-state index is 9.84. The summed E-state index contributed by atoms with van der Waals surface area (Å²) in [6.45, 7) is 9.66. The highest BCUT2D eigenvalue weighted by Crippen LogP contribution is 2.11. The molecule has 0 aromatic heterocycles. The number of hydrogen-bond acceptors (Lipinski definition) is 5. The molecule has 4 unspecified atom stereocenters. The quantitative estimate of drug-likeness (QED) is 0.492. The number of aliphatic hydroxyl groups is 4. The standard InChI is InChI=1S/C12H27NO4/c1-7(2)13(8(3)4)6-10(15)12(17)11(16)9(5)14/h7-12,14-17H,6H2,1-5H3. The van der Waals surface area contributed by atoms with Gasteiger partial charge in [0.05, 0.1) is 12.2 Å². The van der Waals surface area contributed by atoms with E-state index in [9.17, 15) is 15.3 Å². The Labute approximate surface area is 104 Å². The molecule has 0 rings (SSSR count). The van der Waals surface area contributed by atoms with Crippen LogP contribution in [0.1, 0.15) is 34.6 Å². The van der Waals surface area contributed by atoms with E-state index in [0.29, 0.717) is 0 Å². The molecule has 0 radical (unpaired) electrons. The van der Waals surface area contributed by atoms with Gasteiger partial charge in [-0.3, -0.25) is 4.90 Å². The lowest BCUT2D eigenvalue weighted by molar-refractivity contribution is -0.109. The molecule has 17 heavy (non-hydrogen) atoms. The van der Waals surface area contributed by atoms with Crippen molar-refractivity contribution in [3.05, 3.63) is 0 Å². The zero-order valence-corrected chi connectivity index (χ0v) is 11.4. The normalized spacial score (nSPS) is 19.8. The summed E-state index contributed by atoms with van der Waals surface area (Å²) in [5, 5.41) is 38.2. The minimum absolute atomic E-state index is 0.237. The molecule has 0 saturated carbocycles. The second-order valence-corrected chi connectivity index (χ2v) is 5.17. The molecule has 0 aromatic carbocycles. The van der Waals surface area contributed by atoms with Crippen molar-refractivity contribution in [1.82, 2.24) is 4.90 Å². The van der Waals surface area contributed by atoms with E-state index in [0.717, 1.165) is 0 Å². The lowest BCUT2D eigenvalue weighted by Crippen LogP contribution is -2.50. The summed E-state index contributed by atoms with van der Waals surface area (Å²) in [5.74, 6) is 0. The first-order valence-electron chi connectivity index (χ1n) is 6.16. The largest absolute Gasteiger partial charge is 0.391 e.